The molecular weight excluding hydrogens is 527 g/mol. The number of thiazole rings is 1. The van der Waals surface area contributed by atoms with Crippen molar-refractivity contribution in [2.24, 2.45) is 4.99 Å². The molecule has 3 aliphatic rings. The molecule has 5 rings (SSSR count). The number of carbonyl (C=O) groups excluding carboxylic acids is 2. The van der Waals surface area contributed by atoms with Crippen LogP contribution < -0.4 is 10.2 Å². The summed E-state index contributed by atoms with van der Waals surface area (Å²) in [4.78, 5) is 50.9. The molecule has 2 N–H and O–H groups in total. The molecule has 2 amide bonds. The van der Waals surface area contributed by atoms with Crippen LogP contribution in [0.5, 0.6) is 0 Å². The van der Waals surface area contributed by atoms with Crippen LogP contribution >= 0.6 is 11.3 Å². The first-order valence-electron chi connectivity index (χ1n) is 12.6. The van der Waals surface area contributed by atoms with Gasteiger partial charge in [-0.15, -0.1) is 11.3 Å². The first kappa shape index (κ1) is 26.8. The smallest absolute Gasteiger partial charge is 0.337 e. The number of piperazine rings is 1. The SMILES string of the molecule is COC(=O)C1=C(CN2CCN3C(=O)N(c4ccc(CCC(=O)O)cc4F)C[C@@H]3C2)NC(c2nccs2)=N[C@H]1C. The standard InChI is InChI=1S/C26H29FN6O5S/c1-15-22(25(36)38-2)19(30-23(29-15)24-28-7-10-39-24)14-31-8-9-32-17(12-31)13-33(26(32)37)20-5-3-16(11-18(20)27)4-6-21(34)35/h3,5,7,10-11,15,17H,4,6,8-9,12-14H2,1-2H3,(H,29,30)(H,34,35)/t15-,17-/m0/s1. The highest BCUT2D eigenvalue weighted by molar-refractivity contribution is 7.11. The van der Waals surface area contributed by atoms with Crippen LogP contribution in [0.25, 0.3) is 0 Å². The van der Waals surface area contributed by atoms with E-state index in [9.17, 15) is 18.8 Å². The van der Waals surface area contributed by atoms with Gasteiger partial charge in [0.05, 0.1) is 30.5 Å². The first-order valence-corrected chi connectivity index (χ1v) is 13.5. The number of aliphatic imine (C=N–C) groups is 1. The second-order valence-corrected chi connectivity index (χ2v) is 10.5. The molecule has 0 aliphatic carbocycles. The summed E-state index contributed by atoms with van der Waals surface area (Å²) in [5.74, 6) is -1.35. The summed E-state index contributed by atoms with van der Waals surface area (Å²) < 4.78 is 20.0. The maximum atomic E-state index is 15.0. The van der Waals surface area contributed by atoms with E-state index in [1.807, 2.05) is 12.3 Å². The van der Waals surface area contributed by atoms with Crippen molar-refractivity contribution < 1.29 is 28.6 Å². The fourth-order valence-corrected chi connectivity index (χ4v) is 5.83. The van der Waals surface area contributed by atoms with E-state index >= 15 is 0 Å². The number of ether oxygens (including phenoxy) is 1. The number of carbonyl (C=O) groups is 3. The number of benzene rings is 1. The number of nitrogens with zero attached hydrogens (tertiary/aromatic N) is 5. The second kappa shape index (κ2) is 11.1. The van der Waals surface area contributed by atoms with E-state index in [4.69, 9.17) is 9.84 Å². The number of amidine groups is 1. The summed E-state index contributed by atoms with van der Waals surface area (Å²) in [6.45, 7) is 4.15. The highest BCUT2D eigenvalue weighted by Gasteiger charge is 2.42. The number of esters is 1. The van der Waals surface area contributed by atoms with E-state index < -0.39 is 23.8 Å². The number of amides is 2. The number of aromatic nitrogens is 1. The van der Waals surface area contributed by atoms with Crippen molar-refractivity contribution in [3.05, 3.63) is 57.4 Å². The van der Waals surface area contributed by atoms with E-state index in [0.29, 0.717) is 55.4 Å². The van der Waals surface area contributed by atoms with Gasteiger partial charge in [0.1, 0.15) is 5.82 Å². The van der Waals surface area contributed by atoms with Gasteiger partial charge in [0, 0.05) is 56.4 Å². The quantitative estimate of drug-likeness (QED) is 0.474. The maximum Gasteiger partial charge on any atom is 0.337 e. The molecule has 2 fully saturated rings. The second-order valence-electron chi connectivity index (χ2n) is 9.65. The largest absolute Gasteiger partial charge is 0.481 e. The van der Waals surface area contributed by atoms with Gasteiger partial charge in [-0.1, -0.05) is 6.07 Å². The first-order chi connectivity index (χ1) is 18.7. The zero-order chi connectivity index (χ0) is 27.7. The van der Waals surface area contributed by atoms with Crippen molar-refractivity contribution in [2.45, 2.75) is 31.8 Å². The molecule has 0 spiro atoms. The number of nitrogens with one attached hydrogen (secondary N) is 1. The molecule has 0 saturated carbocycles. The number of fused-ring (bicyclic) bond motifs is 1. The monoisotopic (exact) mass is 556 g/mol. The molecule has 0 radical (unpaired) electrons. The number of carboxylic acids is 1. The van der Waals surface area contributed by atoms with Crippen molar-refractivity contribution in [1.29, 1.82) is 0 Å². The zero-order valence-electron chi connectivity index (χ0n) is 21.6. The number of anilines is 1. The molecular formula is C26H29FN6O5S. The molecule has 2 atom stereocenters. The van der Waals surface area contributed by atoms with Gasteiger partial charge in [0.15, 0.2) is 10.8 Å². The third-order valence-electron chi connectivity index (χ3n) is 7.12. The average Bonchev–Trinajstić information content (AvgIpc) is 3.55. The molecule has 2 aromatic rings. The number of aliphatic carboxylic acids is 1. The lowest BCUT2D eigenvalue weighted by Crippen LogP contribution is -2.53. The Morgan fingerprint density at radius 3 is 2.79 bits per heavy atom. The number of hydrogen-bond donors (Lipinski definition) is 2. The molecule has 1 aromatic heterocycles. The lowest BCUT2D eigenvalue weighted by atomic mass is 10.0. The number of urea groups is 1. The van der Waals surface area contributed by atoms with Crippen molar-refractivity contribution in [3.8, 4) is 0 Å². The average molecular weight is 557 g/mol. The number of carboxylic acid groups (broad SMARTS) is 1. The van der Waals surface area contributed by atoms with Crippen LogP contribution in [0.3, 0.4) is 0 Å². The number of aryl methyl sites for hydroxylation is 1. The van der Waals surface area contributed by atoms with Crippen LogP contribution in [0.4, 0.5) is 14.9 Å². The molecule has 39 heavy (non-hydrogen) atoms. The van der Waals surface area contributed by atoms with Gasteiger partial charge in [-0.25, -0.2) is 19.0 Å². The minimum atomic E-state index is -0.949. The molecule has 3 aliphatic heterocycles. The van der Waals surface area contributed by atoms with Crippen molar-refractivity contribution in [3.63, 3.8) is 0 Å². The third-order valence-corrected chi connectivity index (χ3v) is 7.90. The molecule has 0 unspecified atom stereocenters. The highest BCUT2D eigenvalue weighted by atomic mass is 32.1. The van der Waals surface area contributed by atoms with Crippen LogP contribution in [0.2, 0.25) is 0 Å². The van der Waals surface area contributed by atoms with Gasteiger partial charge in [-0.3, -0.25) is 19.6 Å². The number of rotatable bonds is 8. The van der Waals surface area contributed by atoms with E-state index in [2.05, 4.69) is 20.2 Å². The minimum absolute atomic E-state index is 0.0912. The summed E-state index contributed by atoms with van der Waals surface area (Å²) in [7, 11) is 1.34. The normalized spacial score (nSPS) is 21.5. The Labute approximate surface area is 228 Å². The molecule has 13 heteroatoms. The maximum absolute atomic E-state index is 15.0. The number of methoxy groups -OCH3 is 1. The van der Waals surface area contributed by atoms with Crippen molar-refractivity contribution in [2.75, 3.05) is 44.7 Å². The van der Waals surface area contributed by atoms with Gasteiger partial charge in [0.25, 0.3) is 0 Å². The Morgan fingerprint density at radius 1 is 1.28 bits per heavy atom. The summed E-state index contributed by atoms with van der Waals surface area (Å²) in [6, 6.07) is 3.67. The Kier molecular flexibility index (Phi) is 7.62. The minimum Gasteiger partial charge on any atom is -0.481 e. The van der Waals surface area contributed by atoms with Crippen molar-refractivity contribution in [1.82, 2.24) is 20.1 Å². The fourth-order valence-electron chi connectivity index (χ4n) is 5.25. The van der Waals surface area contributed by atoms with Crippen LogP contribution in [0.15, 0.2) is 46.0 Å². The molecule has 4 heterocycles. The zero-order valence-corrected chi connectivity index (χ0v) is 22.4. The van der Waals surface area contributed by atoms with Crippen LogP contribution in [-0.4, -0.2) is 95.6 Å². The third kappa shape index (κ3) is 5.50. The lowest BCUT2D eigenvalue weighted by Gasteiger charge is -2.37. The predicted molar refractivity (Wildman–Crippen MR) is 142 cm³/mol. The molecule has 11 nitrogen and oxygen atoms in total. The van der Waals surface area contributed by atoms with Crippen LogP contribution in [0, 0.1) is 5.82 Å². The number of halogens is 1. The Morgan fingerprint density at radius 2 is 2.10 bits per heavy atom. The topological polar surface area (TPSA) is 128 Å². The number of hydrogen-bond acceptors (Lipinski definition) is 9. The highest BCUT2D eigenvalue weighted by Crippen LogP contribution is 2.30. The van der Waals surface area contributed by atoms with E-state index in [0.717, 1.165) is 5.01 Å². The Hall–Kier alpha value is -3.84. The van der Waals surface area contributed by atoms with Crippen LogP contribution in [-0.2, 0) is 20.7 Å². The van der Waals surface area contributed by atoms with Gasteiger partial charge in [-0.05, 0) is 31.0 Å². The summed E-state index contributed by atoms with van der Waals surface area (Å²) >= 11 is 1.45. The summed E-state index contributed by atoms with van der Waals surface area (Å²) in [5.41, 5.74) is 1.89. The molecule has 0 bridgehead atoms. The van der Waals surface area contributed by atoms with Gasteiger partial charge in [0.2, 0.25) is 0 Å². The molecule has 2 saturated heterocycles. The van der Waals surface area contributed by atoms with Crippen LogP contribution in [0.1, 0.15) is 23.9 Å². The van der Waals surface area contributed by atoms with Gasteiger partial charge >= 0.3 is 18.0 Å². The van der Waals surface area contributed by atoms with E-state index in [1.165, 1.54) is 29.4 Å². The fraction of sp³-hybridized carbons (Fsp3) is 0.423. The van der Waals surface area contributed by atoms with E-state index in [-0.39, 0.29) is 30.6 Å². The van der Waals surface area contributed by atoms with Gasteiger partial charge in [-0.2, -0.15) is 0 Å². The predicted octanol–water partition coefficient (Wildman–Crippen LogP) is 2.09. The van der Waals surface area contributed by atoms with Crippen molar-refractivity contribution >= 4 is 40.8 Å². The summed E-state index contributed by atoms with van der Waals surface area (Å²) in [5, 5.41) is 14.8. The van der Waals surface area contributed by atoms with E-state index in [1.54, 1.807) is 23.2 Å². The Bertz CT molecular complexity index is 1350. The lowest BCUT2D eigenvalue weighted by molar-refractivity contribution is -0.137. The molecule has 206 valence electrons. The van der Waals surface area contributed by atoms with Gasteiger partial charge < -0.3 is 20.1 Å². The Balaban J connectivity index is 1.30. The molecule has 1 aromatic carbocycles. The summed E-state index contributed by atoms with van der Waals surface area (Å²) in [6.07, 6.45) is 1.82.